The molecule has 0 aliphatic carbocycles. The van der Waals surface area contributed by atoms with Crippen molar-refractivity contribution in [3.8, 4) is 5.69 Å². The lowest BCUT2D eigenvalue weighted by Crippen LogP contribution is -2.47. The van der Waals surface area contributed by atoms with Crippen LogP contribution in [-0.2, 0) is 14.6 Å². The molecule has 3 rings (SSSR count). The number of hydrogen-bond donors (Lipinski definition) is 0. The molecule has 7 nitrogen and oxygen atoms in total. The van der Waals surface area contributed by atoms with Gasteiger partial charge in [0, 0.05) is 17.8 Å². The lowest BCUT2D eigenvalue weighted by molar-refractivity contribution is -0.132. The summed E-state index contributed by atoms with van der Waals surface area (Å²) in [6.07, 6.45) is 1.30. The zero-order valence-corrected chi connectivity index (χ0v) is 19.0. The number of amides is 1. The van der Waals surface area contributed by atoms with E-state index in [-0.39, 0.29) is 35.2 Å². The maximum atomic E-state index is 13.1. The van der Waals surface area contributed by atoms with Gasteiger partial charge in [0.25, 0.3) is 0 Å². The van der Waals surface area contributed by atoms with Crippen LogP contribution in [0, 0.1) is 13.8 Å². The maximum absolute atomic E-state index is 13.1. The number of nitrogens with zero attached hydrogens (tertiary/aromatic N) is 4. The Balaban J connectivity index is 1.76. The quantitative estimate of drug-likeness (QED) is 0.621. The van der Waals surface area contributed by atoms with E-state index in [2.05, 4.69) is 10.2 Å². The second-order valence-electron chi connectivity index (χ2n) is 7.60. The first-order chi connectivity index (χ1) is 13.7. The molecule has 0 spiro atoms. The van der Waals surface area contributed by atoms with Gasteiger partial charge < -0.3 is 4.90 Å². The SMILES string of the molecule is CCC(C)N(C(=O)CSc1nnc(C)n1-c1ccc(C)cc1)C1CCS(=O)(=O)C1. The van der Waals surface area contributed by atoms with Crippen LogP contribution in [0.3, 0.4) is 0 Å². The van der Waals surface area contributed by atoms with Gasteiger partial charge in [-0.25, -0.2) is 8.42 Å². The van der Waals surface area contributed by atoms with Crippen LogP contribution >= 0.6 is 11.8 Å². The van der Waals surface area contributed by atoms with Crippen molar-refractivity contribution in [3.63, 3.8) is 0 Å². The van der Waals surface area contributed by atoms with Gasteiger partial charge in [-0.2, -0.15) is 0 Å². The largest absolute Gasteiger partial charge is 0.335 e. The predicted molar refractivity (Wildman–Crippen MR) is 115 cm³/mol. The Morgan fingerprint density at radius 1 is 1.28 bits per heavy atom. The van der Waals surface area contributed by atoms with Crippen molar-refractivity contribution >= 4 is 27.5 Å². The van der Waals surface area contributed by atoms with Gasteiger partial charge in [-0.05, 0) is 45.7 Å². The summed E-state index contributed by atoms with van der Waals surface area (Å²) in [5.74, 6) is 1.12. The number of rotatable bonds is 7. The molecular formula is C20H28N4O3S2. The molecule has 158 valence electrons. The van der Waals surface area contributed by atoms with Crippen molar-refractivity contribution in [2.75, 3.05) is 17.3 Å². The molecule has 0 N–H and O–H groups in total. The highest BCUT2D eigenvalue weighted by atomic mass is 32.2. The summed E-state index contributed by atoms with van der Waals surface area (Å²) in [5.41, 5.74) is 2.12. The summed E-state index contributed by atoms with van der Waals surface area (Å²) in [5, 5.41) is 9.07. The van der Waals surface area contributed by atoms with Crippen molar-refractivity contribution in [1.29, 1.82) is 0 Å². The fraction of sp³-hybridized carbons (Fsp3) is 0.550. The first-order valence-electron chi connectivity index (χ1n) is 9.85. The standard InChI is InChI=1S/C20H28N4O3S2/c1-5-15(3)23(18-10-11-29(26,27)13-18)19(25)12-28-20-22-21-16(4)24(20)17-8-6-14(2)7-9-17/h6-9,15,18H,5,10-13H2,1-4H3. The topological polar surface area (TPSA) is 85.2 Å². The van der Waals surface area contributed by atoms with E-state index in [9.17, 15) is 13.2 Å². The molecule has 1 saturated heterocycles. The number of carbonyl (C=O) groups is 1. The molecule has 1 aromatic carbocycles. The van der Waals surface area contributed by atoms with Crippen molar-refractivity contribution in [2.45, 2.75) is 57.8 Å². The second-order valence-corrected chi connectivity index (χ2v) is 10.8. The van der Waals surface area contributed by atoms with Crippen LogP contribution in [0.25, 0.3) is 5.69 Å². The van der Waals surface area contributed by atoms with Gasteiger partial charge in [0.2, 0.25) is 5.91 Å². The zero-order valence-electron chi connectivity index (χ0n) is 17.3. The van der Waals surface area contributed by atoms with Crippen molar-refractivity contribution in [2.24, 2.45) is 0 Å². The van der Waals surface area contributed by atoms with E-state index in [1.807, 2.05) is 56.5 Å². The number of sulfone groups is 1. The fourth-order valence-corrected chi connectivity index (χ4v) is 6.21. The summed E-state index contributed by atoms with van der Waals surface area (Å²) < 4.78 is 25.8. The van der Waals surface area contributed by atoms with Crippen molar-refractivity contribution in [3.05, 3.63) is 35.7 Å². The molecule has 2 heterocycles. The van der Waals surface area contributed by atoms with Gasteiger partial charge in [-0.1, -0.05) is 36.4 Å². The molecule has 1 aliphatic rings. The number of hydrogen-bond acceptors (Lipinski definition) is 6. The highest BCUT2D eigenvalue weighted by Crippen LogP contribution is 2.26. The molecule has 1 aromatic heterocycles. The highest BCUT2D eigenvalue weighted by molar-refractivity contribution is 7.99. The molecule has 2 atom stereocenters. The molecular weight excluding hydrogens is 408 g/mol. The van der Waals surface area contributed by atoms with Crippen LogP contribution < -0.4 is 0 Å². The van der Waals surface area contributed by atoms with Crippen LogP contribution in [0.5, 0.6) is 0 Å². The van der Waals surface area contributed by atoms with E-state index >= 15 is 0 Å². The van der Waals surface area contributed by atoms with E-state index < -0.39 is 9.84 Å². The summed E-state index contributed by atoms with van der Waals surface area (Å²) in [4.78, 5) is 14.8. The van der Waals surface area contributed by atoms with Crippen LogP contribution in [0.4, 0.5) is 0 Å². The molecule has 29 heavy (non-hydrogen) atoms. The lowest BCUT2D eigenvalue weighted by atomic mass is 10.1. The minimum Gasteiger partial charge on any atom is -0.335 e. The van der Waals surface area contributed by atoms with Gasteiger partial charge in [0.1, 0.15) is 5.82 Å². The third-order valence-electron chi connectivity index (χ3n) is 5.37. The Labute approximate surface area is 176 Å². The predicted octanol–water partition coefficient (Wildman–Crippen LogP) is 2.79. The van der Waals surface area contributed by atoms with Crippen LogP contribution in [-0.4, -0.2) is 63.3 Å². The van der Waals surface area contributed by atoms with Gasteiger partial charge in [0.05, 0.1) is 17.3 Å². The number of aromatic nitrogens is 3. The summed E-state index contributed by atoms with van der Waals surface area (Å²) in [7, 11) is -3.05. The smallest absolute Gasteiger partial charge is 0.233 e. The van der Waals surface area contributed by atoms with E-state index in [4.69, 9.17) is 0 Å². The Morgan fingerprint density at radius 2 is 1.97 bits per heavy atom. The Kier molecular flexibility index (Phi) is 6.68. The highest BCUT2D eigenvalue weighted by Gasteiger charge is 2.36. The van der Waals surface area contributed by atoms with Gasteiger partial charge in [-0.3, -0.25) is 9.36 Å². The first-order valence-corrected chi connectivity index (χ1v) is 12.7. The second kappa shape index (κ2) is 8.87. The van der Waals surface area contributed by atoms with E-state index in [0.717, 1.165) is 17.9 Å². The van der Waals surface area contributed by atoms with E-state index in [0.29, 0.717) is 11.6 Å². The van der Waals surface area contributed by atoms with Crippen LogP contribution in [0.1, 0.15) is 38.1 Å². The number of carbonyl (C=O) groups excluding carboxylic acids is 1. The number of aryl methyl sites for hydroxylation is 2. The molecule has 1 amide bonds. The Bertz CT molecular complexity index is 970. The molecule has 9 heteroatoms. The maximum Gasteiger partial charge on any atom is 0.233 e. The molecule has 1 fully saturated rings. The summed E-state index contributed by atoms with van der Waals surface area (Å²) in [6.45, 7) is 7.91. The van der Waals surface area contributed by atoms with Crippen LogP contribution in [0.2, 0.25) is 0 Å². The summed E-state index contributed by atoms with van der Waals surface area (Å²) >= 11 is 1.34. The number of thioether (sulfide) groups is 1. The van der Waals surface area contributed by atoms with Crippen molar-refractivity contribution < 1.29 is 13.2 Å². The molecule has 0 radical (unpaired) electrons. The van der Waals surface area contributed by atoms with Crippen LogP contribution in [0.15, 0.2) is 29.4 Å². The molecule has 2 aromatic rings. The minimum atomic E-state index is -3.05. The molecule has 2 unspecified atom stereocenters. The normalized spacial score (nSPS) is 19.2. The molecule has 1 aliphatic heterocycles. The molecule has 0 saturated carbocycles. The fourth-order valence-electron chi connectivity index (χ4n) is 3.63. The van der Waals surface area contributed by atoms with Crippen molar-refractivity contribution in [1.82, 2.24) is 19.7 Å². The minimum absolute atomic E-state index is 0.00176. The summed E-state index contributed by atoms with van der Waals surface area (Å²) in [6, 6.07) is 7.83. The monoisotopic (exact) mass is 436 g/mol. The Hall–Kier alpha value is -1.87. The zero-order chi connectivity index (χ0) is 21.2. The average molecular weight is 437 g/mol. The van der Waals surface area contributed by atoms with E-state index in [1.54, 1.807) is 4.90 Å². The molecule has 0 bridgehead atoms. The van der Waals surface area contributed by atoms with E-state index in [1.165, 1.54) is 17.3 Å². The Morgan fingerprint density at radius 3 is 2.55 bits per heavy atom. The third-order valence-corrected chi connectivity index (χ3v) is 8.03. The number of benzene rings is 1. The van der Waals surface area contributed by atoms with Gasteiger partial charge in [-0.15, -0.1) is 10.2 Å². The average Bonchev–Trinajstić information content (AvgIpc) is 3.22. The third kappa shape index (κ3) is 5.01. The van der Waals surface area contributed by atoms with Gasteiger partial charge >= 0.3 is 0 Å². The van der Waals surface area contributed by atoms with Gasteiger partial charge in [0.15, 0.2) is 15.0 Å². The first kappa shape index (κ1) is 21.8. The lowest BCUT2D eigenvalue weighted by Gasteiger charge is -2.33.